The van der Waals surface area contributed by atoms with E-state index in [0.29, 0.717) is 65.9 Å². The molecule has 2 amide bonds. The molecule has 3 N–H and O–H groups in total. The first-order chi connectivity index (χ1) is 18.4. The third-order valence-corrected chi connectivity index (χ3v) is 6.55. The van der Waals surface area contributed by atoms with Gasteiger partial charge in [0.15, 0.2) is 17.3 Å². The lowest BCUT2D eigenvalue weighted by molar-refractivity contribution is 0.208. The van der Waals surface area contributed by atoms with Gasteiger partial charge in [-0.1, -0.05) is 11.6 Å². The van der Waals surface area contributed by atoms with Crippen LogP contribution in [-0.4, -0.2) is 66.3 Å². The smallest absolute Gasteiger partial charge is 0.321 e. The summed E-state index contributed by atoms with van der Waals surface area (Å²) < 4.78 is 24.2. The van der Waals surface area contributed by atoms with E-state index in [4.69, 9.17) is 31.8 Å². The third-order valence-electron chi connectivity index (χ3n) is 6.26. The molecule has 2 aromatic heterocycles. The van der Waals surface area contributed by atoms with Crippen LogP contribution in [0.4, 0.5) is 26.6 Å². The fourth-order valence-electron chi connectivity index (χ4n) is 4.29. The number of rotatable bonds is 5. The number of fused-ring (bicyclic) bond motifs is 1. The number of ether oxygens (including phenoxy) is 2. The fourth-order valence-corrected chi connectivity index (χ4v) is 4.47. The van der Waals surface area contributed by atoms with Gasteiger partial charge < -0.3 is 30.3 Å². The van der Waals surface area contributed by atoms with Crippen molar-refractivity contribution < 1.29 is 18.7 Å². The molecule has 0 spiro atoms. The number of hydrogen-bond acceptors (Lipinski definition) is 8. The number of pyridine rings is 1. The molecule has 1 aliphatic heterocycles. The molecule has 0 radical (unpaired) electrons. The van der Waals surface area contributed by atoms with Crippen LogP contribution in [0.15, 0.2) is 48.5 Å². The zero-order chi connectivity index (χ0) is 26.8. The van der Waals surface area contributed by atoms with Gasteiger partial charge in [-0.05, 0) is 48.5 Å². The molecule has 1 saturated heterocycles. The lowest BCUT2D eigenvalue weighted by Gasteiger charge is -2.35. The van der Waals surface area contributed by atoms with Crippen LogP contribution >= 0.6 is 11.6 Å². The van der Waals surface area contributed by atoms with Gasteiger partial charge in [-0.3, -0.25) is 0 Å². The number of benzene rings is 2. The molecule has 0 unspecified atom stereocenters. The fraction of sp³-hybridized carbons (Fsp3) is 0.231. The number of nitrogens with two attached hydrogens (primary N) is 1. The average Bonchev–Trinajstić information content (AvgIpc) is 2.94. The van der Waals surface area contributed by atoms with E-state index in [-0.39, 0.29) is 17.0 Å². The number of carbonyl (C=O) groups is 1. The Morgan fingerprint density at radius 3 is 2.45 bits per heavy atom. The van der Waals surface area contributed by atoms with Crippen molar-refractivity contribution in [3.63, 3.8) is 0 Å². The van der Waals surface area contributed by atoms with E-state index in [1.54, 1.807) is 19.1 Å². The second-order valence-electron chi connectivity index (χ2n) is 8.57. The molecule has 196 valence electrons. The minimum atomic E-state index is -0.544. The highest BCUT2D eigenvalue weighted by molar-refractivity contribution is 6.31. The van der Waals surface area contributed by atoms with E-state index < -0.39 is 5.82 Å². The molecule has 3 heterocycles. The van der Waals surface area contributed by atoms with Crippen LogP contribution in [0, 0.1) is 5.82 Å². The number of aromatic nitrogens is 3. The predicted molar refractivity (Wildman–Crippen MR) is 145 cm³/mol. The van der Waals surface area contributed by atoms with E-state index in [1.165, 1.54) is 18.2 Å². The van der Waals surface area contributed by atoms with Crippen molar-refractivity contribution in [1.82, 2.24) is 19.9 Å². The Morgan fingerprint density at radius 1 is 0.974 bits per heavy atom. The van der Waals surface area contributed by atoms with Crippen LogP contribution in [0.25, 0.3) is 22.3 Å². The average molecular weight is 538 g/mol. The van der Waals surface area contributed by atoms with Gasteiger partial charge in [-0.15, -0.1) is 0 Å². The molecule has 10 nitrogen and oxygen atoms in total. The van der Waals surface area contributed by atoms with E-state index in [9.17, 15) is 9.18 Å². The first kappa shape index (κ1) is 25.3. The Hall–Kier alpha value is -4.38. The minimum absolute atomic E-state index is 0.0548. The van der Waals surface area contributed by atoms with Gasteiger partial charge in [0.25, 0.3) is 0 Å². The molecule has 5 rings (SSSR count). The number of anilines is 3. The van der Waals surface area contributed by atoms with Crippen molar-refractivity contribution in [2.45, 2.75) is 0 Å². The topological polar surface area (TPSA) is 119 Å². The zero-order valence-corrected chi connectivity index (χ0v) is 21.5. The van der Waals surface area contributed by atoms with Crippen molar-refractivity contribution >= 4 is 46.1 Å². The molecular weight excluding hydrogens is 513 g/mol. The van der Waals surface area contributed by atoms with Crippen molar-refractivity contribution in [2.75, 3.05) is 56.3 Å². The zero-order valence-electron chi connectivity index (χ0n) is 20.7. The van der Waals surface area contributed by atoms with E-state index >= 15 is 0 Å². The number of piperazine rings is 1. The van der Waals surface area contributed by atoms with Gasteiger partial charge in [0, 0.05) is 37.4 Å². The maximum Gasteiger partial charge on any atom is 0.321 e. The number of nitrogens with one attached hydrogen (secondary N) is 1. The summed E-state index contributed by atoms with van der Waals surface area (Å²) in [5.41, 5.74) is 9.21. The number of hydrogen-bond donors (Lipinski definition) is 2. The highest BCUT2D eigenvalue weighted by Gasteiger charge is 2.25. The first-order valence-corrected chi connectivity index (χ1v) is 12.2. The van der Waals surface area contributed by atoms with Crippen molar-refractivity contribution in [2.24, 2.45) is 0 Å². The molecule has 0 aliphatic carbocycles. The molecule has 0 atom stereocenters. The summed E-state index contributed by atoms with van der Waals surface area (Å²) in [6, 6.07) is 13.1. The molecule has 38 heavy (non-hydrogen) atoms. The Kier molecular flexibility index (Phi) is 7.01. The number of amides is 2. The van der Waals surface area contributed by atoms with E-state index in [1.807, 2.05) is 35.2 Å². The second kappa shape index (κ2) is 10.5. The van der Waals surface area contributed by atoms with Crippen molar-refractivity contribution in [1.29, 1.82) is 0 Å². The van der Waals surface area contributed by atoms with Gasteiger partial charge in [0.05, 0.1) is 30.5 Å². The van der Waals surface area contributed by atoms with Crippen LogP contribution in [0.5, 0.6) is 11.5 Å². The Labute approximate surface area is 223 Å². The molecule has 1 fully saturated rings. The summed E-state index contributed by atoms with van der Waals surface area (Å²) in [4.78, 5) is 30.2. The lowest BCUT2D eigenvalue weighted by Crippen LogP contribution is -2.50. The summed E-state index contributed by atoms with van der Waals surface area (Å²) in [6.45, 7) is 1.87. The van der Waals surface area contributed by atoms with E-state index in [0.717, 1.165) is 5.56 Å². The summed E-state index contributed by atoms with van der Waals surface area (Å²) in [7, 11) is 3.17. The van der Waals surface area contributed by atoms with Crippen molar-refractivity contribution in [3.05, 3.63) is 59.4 Å². The van der Waals surface area contributed by atoms with Gasteiger partial charge in [-0.25, -0.2) is 19.2 Å². The molecule has 12 heteroatoms. The molecule has 1 aliphatic rings. The summed E-state index contributed by atoms with van der Waals surface area (Å²) >= 11 is 5.82. The minimum Gasteiger partial charge on any atom is -0.493 e. The number of methoxy groups -OCH3 is 2. The van der Waals surface area contributed by atoms with E-state index in [2.05, 4.69) is 15.3 Å². The summed E-state index contributed by atoms with van der Waals surface area (Å²) in [5, 5.41) is 2.70. The maximum atomic E-state index is 13.4. The van der Waals surface area contributed by atoms with Crippen LogP contribution in [0.2, 0.25) is 5.02 Å². The quantitative estimate of drug-likeness (QED) is 0.383. The van der Waals surface area contributed by atoms with Crippen molar-refractivity contribution in [3.8, 4) is 22.8 Å². The highest BCUT2D eigenvalue weighted by atomic mass is 35.5. The number of halogens is 2. The molecule has 4 aromatic rings. The summed E-state index contributed by atoms with van der Waals surface area (Å²) in [5.74, 6) is 1.41. The Balaban J connectivity index is 1.37. The van der Waals surface area contributed by atoms with Gasteiger partial charge >= 0.3 is 6.03 Å². The predicted octanol–water partition coefficient (Wildman–Crippen LogP) is 4.44. The van der Waals surface area contributed by atoms with Gasteiger partial charge in [0.2, 0.25) is 5.95 Å². The molecule has 0 bridgehead atoms. The number of urea groups is 1. The molecule has 2 aromatic carbocycles. The number of nitrogens with zero attached hydrogens (tertiary/aromatic N) is 5. The van der Waals surface area contributed by atoms with Gasteiger partial charge in [0.1, 0.15) is 11.3 Å². The lowest BCUT2D eigenvalue weighted by atomic mass is 10.1. The van der Waals surface area contributed by atoms with Crippen LogP contribution in [0.1, 0.15) is 0 Å². The largest absolute Gasteiger partial charge is 0.493 e. The van der Waals surface area contributed by atoms with Crippen LogP contribution < -0.4 is 25.4 Å². The SMILES string of the molecule is COc1ccc(-c2ccc3nc(N)nc(N4CCN(C(=O)Nc5ccc(F)c(Cl)c5)CC4)c3n2)cc1OC. The number of carbonyl (C=O) groups excluding carboxylic acids is 1. The Bertz CT molecular complexity index is 1510. The molecule has 0 saturated carbocycles. The number of nitrogen functional groups attached to an aromatic ring is 1. The summed E-state index contributed by atoms with van der Waals surface area (Å²) in [6.07, 6.45) is 0. The first-order valence-electron chi connectivity index (χ1n) is 11.8. The monoisotopic (exact) mass is 537 g/mol. The van der Waals surface area contributed by atoms with Crippen LogP contribution in [-0.2, 0) is 0 Å². The normalized spacial score (nSPS) is 13.5. The Morgan fingerprint density at radius 2 is 1.74 bits per heavy atom. The third kappa shape index (κ3) is 5.05. The second-order valence-corrected chi connectivity index (χ2v) is 8.98. The molecular formula is C26H25ClFN7O3. The standard InChI is InChI=1S/C26H25ClFN7O3/c1-37-21-8-3-15(13-22(21)38-2)19-6-7-20-23(31-19)24(33-25(29)32-20)34-9-11-35(12-10-34)26(36)30-16-4-5-18(28)17(27)14-16/h3-8,13-14H,9-12H2,1-2H3,(H,30,36)(H2,29,32,33). The van der Waals surface area contributed by atoms with Gasteiger partial charge in [-0.2, -0.15) is 4.98 Å². The van der Waals surface area contributed by atoms with Crippen LogP contribution in [0.3, 0.4) is 0 Å². The highest BCUT2D eigenvalue weighted by Crippen LogP contribution is 2.33. The maximum absolute atomic E-state index is 13.4.